The highest BCUT2D eigenvalue weighted by Gasteiger charge is 2.21. The smallest absolute Gasteiger partial charge is 0.320 e. The molecule has 0 saturated carbocycles. The van der Waals surface area contributed by atoms with Crippen molar-refractivity contribution in [1.29, 1.82) is 0 Å². The number of nitrogens with zero attached hydrogens (tertiary/aromatic N) is 1. The summed E-state index contributed by atoms with van der Waals surface area (Å²) in [6.45, 7) is 6.12. The number of unbranched alkanes of at least 4 members (excludes halogenated alkanes) is 1. The van der Waals surface area contributed by atoms with Crippen molar-refractivity contribution >= 4 is 5.97 Å². The molecule has 1 heterocycles. The number of carbonyl (C=O) groups is 1. The second-order valence-corrected chi connectivity index (χ2v) is 4.36. The summed E-state index contributed by atoms with van der Waals surface area (Å²) < 4.78 is 10.7. The summed E-state index contributed by atoms with van der Waals surface area (Å²) in [6, 6.07) is 0. The van der Waals surface area contributed by atoms with Gasteiger partial charge in [-0.3, -0.25) is 9.69 Å². The highest BCUT2D eigenvalue weighted by molar-refractivity contribution is 5.71. The summed E-state index contributed by atoms with van der Waals surface area (Å²) in [5.74, 6) is -0.122. The normalized spacial score (nSPS) is 21.4. The first kappa shape index (κ1) is 14.4. The predicted molar refractivity (Wildman–Crippen MR) is 66.0 cm³/mol. The molecular weight excluding hydrogens is 220 g/mol. The number of hydrogen-bond donors (Lipinski definition) is 1. The van der Waals surface area contributed by atoms with Crippen molar-refractivity contribution in [2.75, 3.05) is 46.4 Å². The van der Waals surface area contributed by atoms with E-state index < -0.39 is 0 Å². The molecule has 1 rings (SSSR count). The largest absolute Gasteiger partial charge is 0.465 e. The molecule has 1 fully saturated rings. The number of likely N-dealkylation sites (N-methyl/N-ethyl adjacent to an activating group) is 1. The topological polar surface area (TPSA) is 50.8 Å². The van der Waals surface area contributed by atoms with Crippen LogP contribution in [0.4, 0.5) is 0 Å². The lowest BCUT2D eigenvalue weighted by molar-refractivity contribution is -0.146. The Kier molecular flexibility index (Phi) is 7.16. The van der Waals surface area contributed by atoms with E-state index in [1.54, 1.807) is 0 Å². The average Bonchev–Trinajstić information content (AvgIpc) is 2.30. The van der Waals surface area contributed by atoms with Gasteiger partial charge < -0.3 is 14.8 Å². The van der Waals surface area contributed by atoms with Gasteiger partial charge in [0.1, 0.15) is 0 Å². The van der Waals surface area contributed by atoms with Crippen LogP contribution in [0.2, 0.25) is 0 Å². The van der Waals surface area contributed by atoms with Crippen LogP contribution in [0.25, 0.3) is 0 Å². The maximum atomic E-state index is 11.5. The summed E-state index contributed by atoms with van der Waals surface area (Å²) >= 11 is 0. The minimum absolute atomic E-state index is 0.122. The third-order valence-electron chi connectivity index (χ3n) is 2.77. The van der Waals surface area contributed by atoms with Crippen LogP contribution >= 0.6 is 0 Å². The van der Waals surface area contributed by atoms with Crippen molar-refractivity contribution in [2.45, 2.75) is 25.9 Å². The van der Waals surface area contributed by atoms with Gasteiger partial charge >= 0.3 is 5.97 Å². The lowest BCUT2D eigenvalue weighted by Crippen LogP contribution is -2.48. The van der Waals surface area contributed by atoms with Gasteiger partial charge in [-0.2, -0.15) is 0 Å². The Hall–Kier alpha value is -0.650. The zero-order chi connectivity index (χ0) is 12.5. The van der Waals surface area contributed by atoms with E-state index in [1.807, 2.05) is 7.05 Å². The molecule has 0 spiro atoms. The standard InChI is InChI=1S/C12H24N2O3/c1-3-4-6-17-12(15)10-14-5-7-16-11(9-14)8-13-2/h11,13H,3-10H2,1-2H3. The Morgan fingerprint density at radius 1 is 1.59 bits per heavy atom. The first-order chi connectivity index (χ1) is 8.26. The van der Waals surface area contributed by atoms with Crippen LogP contribution in [0.5, 0.6) is 0 Å². The first-order valence-corrected chi connectivity index (χ1v) is 6.40. The van der Waals surface area contributed by atoms with E-state index in [9.17, 15) is 4.79 Å². The van der Waals surface area contributed by atoms with Gasteiger partial charge in [0.2, 0.25) is 0 Å². The molecule has 1 atom stereocenters. The van der Waals surface area contributed by atoms with Crippen molar-refractivity contribution in [1.82, 2.24) is 10.2 Å². The Labute approximate surface area is 103 Å². The molecule has 0 bridgehead atoms. The quantitative estimate of drug-likeness (QED) is 0.514. The molecule has 5 heteroatoms. The van der Waals surface area contributed by atoms with Crippen LogP contribution in [0, 0.1) is 0 Å². The van der Waals surface area contributed by atoms with Crippen LogP contribution in [-0.4, -0.2) is 63.4 Å². The summed E-state index contributed by atoms with van der Waals surface area (Å²) in [6.07, 6.45) is 2.17. The summed E-state index contributed by atoms with van der Waals surface area (Å²) in [5, 5.41) is 3.09. The van der Waals surface area contributed by atoms with E-state index in [1.165, 1.54) is 0 Å². The van der Waals surface area contributed by atoms with Gasteiger partial charge in [0.15, 0.2) is 0 Å². The molecule has 0 aromatic rings. The molecule has 0 aromatic carbocycles. The van der Waals surface area contributed by atoms with Gasteiger partial charge in [-0.15, -0.1) is 0 Å². The SMILES string of the molecule is CCCCOC(=O)CN1CCOC(CNC)C1. The summed E-state index contributed by atoms with van der Waals surface area (Å²) in [5.41, 5.74) is 0. The molecule has 1 aliphatic heterocycles. The Bertz CT molecular complexity index is 222. The van der Waals surface area contributed by atoms with Crippen LogP contribution < -0.4 is 5.32 Å². The van der Waals surface area contributed by atoms with Gasteiger partial charge in [-0.05, 0) is 13.5 Å². The number of carbonyl (C=O) groups excluding carboxylic acids is 1. The molecule has 0 amide bonds. The fraction of sp³-hybridized carbons (Fsp3) is 0.917. The van der Waals surface area contributed by atoms with E-state index in [4.69, 9.17) is 9.47 Å². The summed E-state index contributed by atoms with van der Waals surface area (Å²) in [4.78, 5) is 13.6. The second-order valence-electron chi connectivity index (χ2n) is 4.36. The zero-order valence-corrected chi connectivity index (χ0v) is 10.9. The van der Waals surface area contributed by atoms with E-state index in [2.05, 4.69) is 17.1 Å². The fourth-order valence-corrected chi connectivity index (χ4v) is 1.83. The molecule has 0 radical (unpaired) electrons. The Morgan fingerprint density at radius 3 is 3.12 bits per heavy atom. The number of nitrogens with one attached hydrogen (secondary N) is 1. The summed E-state index contributed by atoms with van der Waals surface area (Å²) in [7, 11) is 1.90. The molecule has 100 valence electrons. The van der Waals surface area contributed by atoms with Crippen LogP contribution in [0.1, 0.15) is 19.8 Å². The Balaban J connectivity index is 2.18. The number of esters is 1. The monoisotopic (exact) mass is 244 g/mol. The molecule has 1 aliphatic rings. The van der Waals surface area contributed by atoms with E-state index in [0.717, 1.165) is 32.5 Å². The third kappa shape index (κ3) is 6.00. The van der Waals surface area contributed by atoms with Crippen LogP contribution in [-0.2, 0) is 14.3 Å². The van der Waals surface area contributed by atoms with Gasteiger partial charge in [0.25, 0.3) is 0 Å². The lowest BCUT2D eigenvalue weighted by Gasteiger charge is -2.32. The molecule has 17 heavy (non-hydrogen) atoms. The maximum Gasteiger partial charge on any atom is 0.320 e. The van der Waals surface area contributed by atoms with Gasteiger partial charge in [0, 0.05) is 19.6 Å². The number of ether oxygens (including phenoxy) is 2. The molecule has 0 aliphatic carbocycles. The number of morpholine rings is 1. The van der Waals surface area contributed by atoms with Gasteiger partial charge in [0.05, 0.1) is 25.9 Å². The minimum Gasteiger partial charge on any atom is -0.465 e. The van der Waals surface area contributed by atoms with Crippen molar-refractivity contribution in [3.05, 3.63) is 0 Å². The zero-order valence-electron chi connectivity index (χ0n) is 10.9. The number of rotatable bonds is 7. The van der Waals surface area contributed by atoms with Crippen molar-refractivity contribution in [3.63, 3.8) is 0 Å². The second kappa shape index (κ2) is 8.44. The van der Waals surface area contributed by atoms with Crippen molar-refractivity contribution < 1.29 is 14.3 Å². The first-order valence-electron chi connectivity index (χ1n) is 6.40. The van der Waals surface area contributed by atoms with E-state index >= 15 is 0 Å². The molecule has 1 saturated heterocycles. The van der Waals surface area contributed by atoms with Crippen molar-refractivity contribution in [3.8, 4) is 0 Å². The molecule has 1 N–H and O–H groups in total. The number of hydrogen-bond acceptors (Lipinski definition) is 5. The van der Waals surface area contributed by atoms with Crippen LogP contribution in [0.3, 0.4) is 0 Å². The molecular formula is C12H24N2O3. The van der Waals surface area contributed by atoms with Crippen LogP contribution in [0.15, 0.2) is 0 Å². The molecule has 0 aromatic heterocycles. The maximum absolute atomic E-state index is 11.5. The van der Waals surface area contributed by atoms with Crippen molar-refractivity contribution in [2.24, 2.45) is 0 Å². The van der Waals surface area contributed by atoms with E-state index in [-0.39, 0.29) is 12.1 Å². The lowest BCUT2D eigenvalue weighted by atomic mass is 10.2. The van der Waals surface area contributed by atoms with Gasteiger partial charge in [-0.1, -0.05) is 13.3 Å². The fourth-order valence-electron chi connectivity index (χ4n) is 1.83. The highest BCUT2D eigenvalue weighted by Crippen LogP contribution is 2.04. The third-order valence-corrected chi connectivity index (χ3v) is 2.77. The average molecular weight is 244 g/mol. The molecule has 1 unspecified atom stereocenters. The highest BCUT2D eigenvalue weighted by atomic mass is 16.5. The molecule has 5 nitrogen and oxygen atoms in total. The van der Waals surface area contributed by atoms with E-state index in [0.29, 0.717) is 19.8 Å². The Morgan fingerprint density at radius 2 is 2.41 bits per heavy atom. The van der Waals surface area contributed by atoms with Gasteiger partial charge in [-0.25, -0.2) is 0 Å². The predicted octanol–water partition coefficient (Wildman–Crippen LogP) is 0.250. The minimum atomic E-state index is -0.122.